The SMILES string of the molecule is O=C1OC2(c3ccccc3Oc3ccccc32)c2cccc(Nc3ccc(C4CCCCC4)cc3)c21. The fourth-order valence-corrected chi connectivity index (χ4v) is 6.20. The normalized spacial score (nSPS) is 17.5. The molecule has 4 aromatic carbocycles. The van der Waals surface area contributed by atoms with Crippen LogP contribution >= 0.6 is 0 Å². The maximum atomic E-state index is 13.5. The maximum Gasteiger partial charge on any atom is 0.342 e. The van der Waals surface area contributed by atoms with Crippen LogP contribution in [0.4, 0.5) is 11.4 Å². The van der Waals surface area contributed by atoms with E-state index in [0.717, 1.165) is 28.1 Å². The van der Waals surface area contributed by atoms with Gasteiger partial charge in [-0.05, 0) is 54.7 Å². The predicted molar refractivity (Wildman–Crippen MR) is 140 cm³/mol. The molecule has 0 unspecified atom stereocenters. The van der Waals surface area contributed by atoms with Crippen molar-refractivity contribution in [2.24, 2.45) is 0 Å². The minimum Gasteiger partial charge on any atom is -0.456 e. The van der Waals surface area contributed by atoms with Crippen LogP contribution in [-0.2, 0) is 10.3 Å². The van der Waals surface area contributed by atoms with Crippen molar-refractivity contribution in [2.45, 2.75) is 43.6 Å². The highest BCUT2D eigenvalue weighted by Crippen LogP contribution is 2.56. The Bertz CT molecular complexity index is 1420. The van der Waals surface area contributed by atoms with Gasteiger partial charge in [-0.1, -0.05) is 79.9 Å². The Morgan fingerprint density at radius 1 is 0.694 bits per heavy atom. The molecule has 178 valence electrons. The Labute approximate surface area is 210 Å². The first-order valence-corrected chi connectivity index (χ1v) is 12.8. The van der Waals surface area contributed by atoms with E-state index in [9.17, 15) is 4.79 Å². The highest BCUT2D eigenvalue weighted by molar-refractivity contribution is 6.03. The number of para-hydroxylation sites is 2. The molecule has 0 atom stereocenters. The zero-order valence-electron chi connectivity index (χ0n) is 20.0. The van der Waals surface area contributed by atoms with Crippen LogP contribution in [0, 0.1) is 0 Å². The van der Waals surface area contributed by atoms with E-state index in [-0.39, 0.29) is 5.97 Å². The molecular formula is C32H27NO3. The Kier molecular flexibility index (Phi) is 4.88. The molecule has 7 rings (SSSR count). The lowest BCUT2D eigenvalue weighted by molar-refractivity contribution is 0.0225. The summed E-state index contributed by atoms with van der Waals surface area (Å²) in [5.74, 6) is 1.73. The van der Waals surface area contributed by atoms with Crippen molar-refractivity contribution in [3.63, 3.8) is 0 Å². The lowest BCUT2D eigenvalue weighted by Crippen LogP contribution is -2.32. The summed E-state index contributed by atoms with van der Waals surface area (Å²) in [6.07, 6.45) is 6.55. The zero-order valence-corrected chi connectivity index (χ0v) is 20.0. The molecule has 1 spiro atoms. The molecule has 1 saturated carbocycles. The number of esters is 1. The molecule has 0 bridgehead atoms. The topological polar surface area (TPSA) is 47.6 Å². The first-order valence-electron chi connectivity index (χ1n) is 12.8. The van der Waals surface area contributed by atoms with Crippen LogP contribution in [0.25, 0.3) is 0 Å². The Hall–Kier alpha value is -4.05. The van der Waals surface area contributed by atoms with Crippen molar-refractivity contribution in [1.82, 2.24) is 0 Å². The third-order valence-corrected chi connectivity index (χ3v) is 7.91. The van der Waals surface area contributed by atoms with Gasteiger partial charge in [-0.25, -0.2) is 4.79 Å². The van der Waals surface area contributed by atoms with Crippen LogP contribution in [0.3, 0.4) is 0 Å². The van der Waals surface area contributed by atoms with Gasteiger partial charge >= 0.3 is 5.97 Å². The molecule has 4 heteroatoms. The minimum atomic E-state index is -1.04. The van der Waals surface area contributed by atoms with Crippen molar-refractivity contribution in [1.29, 1.82) is 0 Å². The quantitative estimate of drug-likeness (QED) is 0.306. The van der Waals surface area contributed by atoms with Gasteiger partial charge in [0.1, 0.15) is 11.5 Å². The average molecular weight is 474 g/mol. The summed E-state index contributed by atoms with van der Waals surface area (Å²) in [7, 11) is 0. The van der Waals surface area contributed by atoms with Crippen LogP contribution in [0.1, 0.15) is 70.6 Å². The first-order chi connectivity index (χ1) is 17.7. The largest absolute Gasteiger partial charge is 0.456 e. The van der Waals surface area contributed by atoms with Crippen LogP contribution < -0.4 is 10.1 Å². The van der Waals surface area contributed by atoms with E-state index in [1.165, 1.54) is 37.7 Å². The number of carbonyl (C=O) groups is 1. The summed E-state index contributed by atoms with van der Waals surface area (Å²) in [6.45, 7) is 0. The van der Waals surface area contributed by atoms with Gasteiger partial charge in [0.05, 0.1) is 11.3 Å². The molecule has 1 aliphatic carbocycles. The van der Waals surface area contributed by atoms with E-state index in [2.05, 4.69) is 29.6 Å². The van der Waals surface area contributed by atoms with E-state index in [1.54, 1.807) is 0 Å². The van der Waals surface area contributed by atoms with Gasteiger partial charge in [-0.3, -0.25) is 0 Å². The monoisotopic (exact) mass is 473 g/mol. The number of anilines is 2. The Morgan fingerprint density at radius 2 is 1.33 bits per heavy atom. The fraction of sp³-hybridized carbons (Fsp3) is 0.219. The Balaban J connectivity index is 1.31. The summed E-state index contributed by atoms with van der Waals surface area (Å²) in [4.78, 5) is 13.5. The number of carbonyl (C=O) groups excluding carboxylic acids is 1. The standard InChI is InChI=1S/C32H27NO3/c34-31-30-26(32(36-31)24-11-4-6-15-28(24)35-29-16-7-5-12-25(29)32)13-8-14-27(30)33-23-19-17-22(18-20-23)21-9-2-1-3-10-21/h4-8,11-21,33H,1-3,9-10H2. The number of hydrogen-bond donors (Lipinski definition) is 1. The first kappa shape index (κ1) is 21.3. The lowest BCUT2D eigenvalue weighted by atomic mass is 9.77. The number of ether oxygens (including phenoxy) is 2. The summed E-state index contributed by atoms with van der Waals surface area (Å²) >= 11 is 0. The second-order valence-corrected chi connectivity index (χ2v) is 9.98. The third-order valence-electron chi connectivity index (χ3n) is 7.91. The summed E-state index contributed by atoms with van der Waals surface area (Å²) < 4.78 is 12.5. The van der Waals surface area contributed by atoms with Crippen molar-refractivity contribution >= 4 is 17.3 Å². The van der Waals surface area contributed by atoms with Gasteiger partial charge in [0, 0.05) is 22.4 Å². The minimum absolute atomic E-state index is 0.335. The van der Waals surface area contributed by atoms with E-state index < -0.39 is 5.60 Å². The number of nitrogens with one attached hydrogen (secondary N) is 1. The molecule has 4 aromatic rings. The highest BCUT2D eigenvalue weighted by atomic mass is 16.6. The maximum absolute atomic E-state index is 13.5. The van der Waals surface area contributed by atoms with Gasteiger partial charge in [-0.2, -0.15) is 0 Å². The molecule has 4 nitrogen and oxygen atoms in total. The molecule has 1 N–H and O–H groups in total. The van der Waals surface area contributed by atoms with Crippen molar-refractivity contribution in [3.05, 3.63) is 119 Å². The van der Waals surface area contributed by atoms with Crippen LogP contribution in [0.5, 0.6) is 11.5 Å². The Morgan fingerprint density at radius 3 is 2.03 bits per heavy atom. The smallest absolute Gasteiger partial charge is 0.342 e. The molecule has 0 saturated heterocycles. The van der Waals surface area contributed by atoms with E-state index in [4.69, 9.17) is 9.47 Å². The van der Waals surface area contributed by atoms with Gasteiger partial charge < -0.3 is 14.8 Å². The molecule has 2 aliphatic heterocycles. The molecule has 0 amide bonds. The van der Waals surface area contributed by atoms with Gasteiger partial charge in [0.25, 0.3) is 0 Å². The van der Waals surface area contributed by atoms with Gasteiger partial charge in [0.2, 0.25) is 0 Å². The number of benzene rings is 4. The summed E-state index contributed by atoms with van der Waals surface area (Å²) in [6, 6.07) is 30.2. The molecule has 3 aliphatic rings. The third kappa shape index (κ3) is 3.17. The second kappa shape index (κ2) is 8.27. The van der Waals surface area contributed by atoms with Crippen LogP contribution in [-0.4, -0.2) is 5.97 Å². The van der Waals surface area contributed by atoms with Crippen LogP contribution in [0.2, 0.25) is 0 Å². The fourth-order valence-electron chi connectivity index (χ4n) is 6.20. The molecule has 36 heavy (non-hydrogen) atoms. The lowest BCUT2D eigenvalue weighted by Gasteiger charge is -2.36. The van der Waals surface area contributed by atoms with E-state index in [0.29, 0.717) is 23.0 Å². The molecular weight excluding hydrogens is 446 g/mol. The van der Waals surface area contributed by atoms with Crippen LogP contribution in [0.15, 0.2) is 91.0 Å². The van der Waals surface area contributed by atoms with Crippen molar-refractivity contribution in [2.75, 3.05) is 5.32 Å². The predicted octanol–water partition coefficient (Wildman–Crippen LogP) is 8.05. The van der Waals surface area contributed by atoms with E-state index >= 15 is 0 Å². The second-order valence-electron chi connectivity index (χ2n) is 9.98. The molecule has 2 heterocycles. The van der Waals surface area contributed by atoms with Gasteiger partial charge in [0.15, 0.2) is 5.60 Å². The number of fused-ring (bicyclic) bond motifs is 6. The molecule has 0 radical (unpaired) electrons. The van der Waals surface area contributed by atoms with E-state index in [1.807, 2.05) is 66.7 Å². The highest BCUT2D eigenvalue weighted by Gasteiger charge is 2.54. The zero-order chi connectivity index (χ0) is 24.1. The van der Waals surface area contributed by atoms with Crippen molar-refractivity contribution in [3.8, 4) is 11.5 Å². The van der Waals surface area contributed by atoms with Gasteiger partial charge in [-0.15, -0.1) is 0 Å². The molecule has 0 aromatic heterocycles. The average Bonchev–Trinajstić information content (AvgIpc) is 3.23. The summed E-state index contributed by atoms with van der Waals surface area (Å²) in [5, 5.41) is 3.50. The number of hydrogen-bond acceptors (Lipinski definition) is 4. The summed E-state index contributed by atoms with van der Waals surface area (Å²) in [5.41, 5.74) is 5.16. The molecule has 1 fully saturated rings. The number of rotatable bonds is 3. The van der Waals surface area contributed by atoms with Crippen molar-refractivity contribution < 1.29 is 14.3 Å².